The van der Waals surface area contributed by atoms with Gasteiger partial charge in [-0.1, -0.05) is 0 Å². The number of benzene rings is 2. The lowest BCUT2D eigenvalue weighted by atomic mass is 10.2. The van der Waals surface area contributed by atoms with Crippen LogP contribution >= 0.6 is 0 Å². The minimum absolute atomic E-state index is 0.0186. The Morgan fingerprint density at radius 1 is 0.966 bits per heavy atom. The summed E-state index contributed by atoms with van der Waals surface area (Å²) in [6.07, 6.45) is 0. The van der Waals surface area contributed by atoms with Crippen molar-refractivity contribution in [3.05, 3.63) is 36.4 Å². The average molecular weight is 424 g/mol. The number of ether oxygens (including phenoxy) is 2. The van der Waals surface area contributed by atoms with E-state index in [-0.39, 0.29) is 31.2 Å². The number of nitrogens with two attached hydrogens (primary N) is 1. The second-order valence-electron chi connectivity index (χ2n) is 5.81. The smallest absolute Gasteiger partial charge is 0.243 e. The van der Waals surface area contributed by atoms with Crippen LogP contribution in [-0.2, 0) is 10.0 Å². The zero-order chi connectivity index (χ0) is 21.4. The number of hydrogen-bond acceptors (Lipinski definition) is 9. The molecular formula is C18H24N4O6S. The maximum absolute atomic E-state index is 12.6. The Morgan fingerprint density at radius 2 is 1.55 bits per heavy atom. The molecule has 0 heterocycles. The molecule has 0 amide bonds. The molecule has 0 radical (unpaired) electrons. The molecule has 0 aliphatic heterocycles. The fraction of sp³-hybridized carbons (Fsp3) is 0.333. The van der Waals surface area contributed by atoms with E-state index >= 15 is 0 Å². The van der Waals surface area contributed by atoms with Crippen molar-refractivity contribution < 1.29 is 28.1 Å². The molecule has 2 rings (SSSR count). The van der Waals surface area contributed by atoms with E-state index in [0.29, 0.717) is 28.6 Å². The van der Waals surface area contributed by atoms with Gasteiger partial charge in [0.25, 0.3) is 0 Å². The van der Waals surface area contributed by atoms with Gasteiger partial charge in [0.05, 0.1) is 43.7 Å². The molecule has 0 aliphatic carbocycles. The molecule has 2 aromatic rings. The second kappa shape index (κ2) is 10.2. The first-order chi connectivity index (χ1) is 13.9. The van der Waals surface area contributed by atoms with E-state index in [1.165, 1.54) is 38.5 Å². The fourth-order valence-corrected chi connectivity index (χ4v) is 3.93. The standard InChI is InChI=1S/C18H24N4O6S/c1-27-17-12-16(18(28-2)11-15(17)19)21-20-13-3-5-14(6-4-13)29(25,26)22(7-9-23)8-10-24/h3-6,11-12,23-24H,7-10,19H2,1-2H3/b21-20+. The summed E-state index contributed by atoms with van der Waals surface area (Å²) in [4.78, 5) is 0.0186. The number of hydrogen-bond donors (Lipinski definition) is 3. The van der Waals surface area contributed by atoms with Crippen molar-refractivity contribution in [1.82, 2.24) is 4.31 Å². The topological polar surface area (TPSA) is 147 Å². The zero-order valence-corrected chi connectivity index (χ0v) is 17.0. The molecule has 0 bridgehead atoms. The molecule has 0 aliphatic rings. The minimum Gasteiger partial charge on any atom is -0.495 e. The van der Waals surface area contributed by atoms with E-state index in [1.54, 1.807) is 12.1 Å². The minimum atomic E-state index is -3.84. The summed E-state index contributed by atoms with van der Waals surface area (Å²) in [5.74, 6) is 0.837. The molecule has 0 fully saturated rings. The zero-order valence-electron chi connectivity index (χ0n) is 16.1. The summed E-state index contributed by atoms with van der Waals surface area (Å²) in [6, 6.07) is 8.90. The Labute approximate surface area is 169 Å². The Kier molecular flexibility index (Phi) is 7.91. The Bertz CT molecular complexity index is 942. The highest BCUT2D eigenvalue weighted by atomic mass is 32.2. The highest BCUT2D eigenvalue weighted by molar-refractivity contribution is 7.89. The van der Waals surface area contributed by atoms with Crippen LogP contribution in [0, 0.1) is 0 Å². The predicted octanol–water partition coefficient (Wildman–Crippen LogP) is 1.68. The number of methoxy groups -OCH3 is 2. The molecule has 2 aromatic carbocycles. The van der Waals surface area contributed by atoms with Crippen molar-refractivity contribution >= 4 is 27.1 Å². The molecule has 0 unspecified atom stereocenters. The first-order valence-electron chi connectivity index (χ1n) is 8.62. The fourth-order valence-electron chi connectivity index (χ4n) is 2.50. The predicted molar refractivity (Wildman–Crippen MR) is 108 cm³/mol. The van der Waals surface area contributed by atoms with Gasteiger partial charge in [-0.25, -0.2) is 8.42 Å². The van der Waals surface area contributed by atoms with Gasteiger partial charge < -0.3 is 25.4 Å². The van der Waals surface area contributed by atoms with E-state index in [4.69, 9.17) is 25.4 Å². The molecule has 0 spiro atoms. The van der Waals surface area contributed by atoms with Crippen molar-refractivity contribution in [3.63, 3.8) is 0 Å². The van der Waals surface area contributed by atoms with E-state index < -0.39 is 10.0 Å². The van der Waals surface area contributed by atoms with Crippen molar-refractivity contribution in [2.24, 2.45) is 10.2 Å². The summed E-state index contributed by atoms with van der Waals surface area (Å²) in [5, 5.41) is 26.3. The van der Waals surface area contributed by atoms with Crippen LogP contribution in [0.5, 0.6) is 11.5 Å². The number of rotatable bonds is 10. The van der Waals surface area contributed by atoms with Gasteiger partial charge in [-0.15, -0.1) is 5.11 Å². The number of aliphatic hydroxyl groups is 2. The Hall–Kier alpha value is -2.73. The van der Waals surface area contributed by atoms with E-state index in [1.807, 2.05) is 0 Å². The van der Waals surface area contributed by atoms with E-state index in [9.17, 15) is 8.42 Å². The molecule has 4 N–H and O–H groups in total. The number of azo groups is 1. The van der Waals surface area contributed by atoms with Gasteiger partial charge in [-0.05, 0) is 24.3 Å². The second-order valence-corrected chi connectivity index (χ2v) is 7.75. The third-order valence-electron chi connectivity index (χ3n) is 3.98. The molecule has 0 saturated heterocycles. The van der Waals surface area contributed by atoms with Crippen LogP contribution in [0.3, 0.4) is 0 Å². The van der Waals surface area contributed by atoms with Gasteiger partial charge in [-0.2, -0.15) is 9.42 Å². The van der Waals surface area contributed by atoms with Gasteiger partial charge in [0.1, 0.15) is 17.2 Å². The largest absolute Gasteiger partial charge is 0.495 e. The quantitative estimate of drug-likeness (QED) is 0.388. The molecule has 10 nitrogen and oxygen atoms in total. The average Bonchev–Trinajstić information content (AvgIpc) is 2.72. The number of aliphatic hydroxyl groups excluding tert-OH is 2. The molecule has 0 aromatic heterocycles. The van der Waals surface area contributed by atoms with Crippen LogP contribution in [0.25, 0.3) is 0 Å². The summed E-state index contributed by atoms with van der Waals surface area (Å²) < 4.78 is 36.6. The van der Waals surface area contributed by atoms with Gasteiger partial charge in [0.2, 0.25) is 10.0 Å². The molecule has 29 heavy (non-hydrogen) atoms. The summed E-state index contributed by atoms with van der Waals surface area (Å²) in [7, 11) is -0.885. The van der Waals surface area contributed by atoms with Gasteiger partial charge in [0, 0.05) is 25.2 Å². The lowest BCUT2D eigenvalue weighted by Gasteiger charge is -2.20. The highest BCUT2D eigenvalue weighted by Gasteiger charge is 2.23. The third-order valence-corrected chi connectivity index (χ3v) is 5.89. The molecular weight excluding hydrogens is 400 g/mol. The van der Waals surface area contributed by atoms with Gasteiger partial charge >= 0.3 is 0 Å². The molecule has 0 atom stereocenters. The van der Waals surface area contributed by atoms with Crippen LogP contribution in [0.15, 0.2) is 51.5 Å². The monoisotopic (exact) mass is 424 g/mol. The normalized spacial score (nSPS) is 11.9. The Morgan fingerprint density at radius 3 is 2.07 bits per heavy atom. The summed E-state index contributed by atoms with van der Waals surface area (Å²) in [6.45, 7) is -0.914. The maximum Gasteiger partial charge on any atom is 0.243 e. The lowest BCUT2D eigenvalue weighted by molar-refractivity contribution is 0.217. The van der Waals surface area contributed by atoms with E-state index in [0.717, 1.165) is 4.31 Å². The van der Waals surface area contributed by atoms with Crippen LogP contribution < -0.4 is 15.2 Å². The first kappa shape index (κ1) is 22.6. The summed E-state index contributed by atoms with van der Waals surface area (Å²) >= 11 is 0. The Balaban J connectivity index is 2.27. The number of nitrogen functional groups attached to an aromatic ring is 1. The first-order valence-corrected chi connectivity index (χ1v) is 10.1. The third kappa shape index (κ3) is 5.41. The van der Waals surface area contributed by atoms with Crippen molar-refractivity contribution in [2.45, 2.75) is 4.90 Å². The van der Waals surface area contributed by atoms with Crippen LogP contribution in [-0.4, -0.2) is 63.5 Å². The van der Waals surface area contributed by atoms with Crippen molar-refractivity contribution in [1.29, 1.82) is 0 Å². The number of sulfonamides is 1. The number of anilines is 1. The molecule has 11 heteroatoms. The van der Waals surface area contributed by atoms with Crippen LogP contribution in [0.4, 0.5) is 17.1 Å². The highest BCUT2D eigenvalue weighted by Crippen LogP contribution is 2.37. The summed E-state index contributed by atoms with van der Waals surface area (Å²) in [5.41, 5.74) is 7.05. The lowest BCUT2D eigenvalue weighted by Crippen LogP contribution is -2.35. The SMILES string of the molecule is COc1cc(/N=N/c2ccc(S(=O)(=O)N(CCO)CCO)cc2)c(OC)cc1N. The van der Waals surface area contributed by atoms with Gasteiger partial charge in [0.15, 0.2) is 0 Å². The number of nitrogens with zero attached hydrogens (tertiary/aromatic N) is 3. The maximum atomic E-state index is 12.6. The van der Waals surface area contributed by atoms with Crippen molar-refractivity contribution in [2.75, 3.05) is 46.3 Å². The van der Waals surface area contributed by atoms with Crippen LogP contribution in [0.2, 0.25) is 0 Å². The van der Waals surface area contributed by atoms with Crippen molar-refractivity contribution in [3.8, 4) is 11.5 Å². The molecule has 158 valence electrons. The van der Waals surface area contributed by atoms with Gasteiger partial charge in [-0.3, -0.25) is 0 Å². The molecule has 0 saturated carbocycles. The van der Waals surface area contributed by atoms with Crippen LogP contribution in [0.1, 0.15) is 0 Å². The van der Waals surface area contributed by atoms with E-state index in [2.05, 4.69) is 10.2 Å².